The van der Waals surface area contributed by atoms with Crippen molar-refractivity contribution in [1.29, 1.82) is 5.26 Å². The highest BCUT2D eigenvalue weighted by Crippen LogP contribution is 2.34. The second-order valence-electron chi connectivity index (χ2n) is 14.8. The number of imide groups is 2. The molecule has 3 aromatic rings. The zero-order valence-corrected chi connectivity index (χ0v) is 30.2. The summed E-state index contributed by atoms with van der Waals surface area (Å²) in [6, 6.07) is 15.8. The standard InChI is InChI=1S/C40H38ClN7O6/c41-33-16-30(4-3-24(33)17-42)43-28-5-7-29(8-6-28)44-37(51)23-1-2-25-20-47(12-11-22(25)13-23)36(50)21-46-18-26-14-31-32(15-27(26)19-46)40(54)48(39(31)53)34-9-10-35(49)45-38(34)52/h1-4,13-16,28-29,34,43H,5-12,18-21H2,(H,44,51)(H,45,49,52)/t28-,29-,34?. The molecule has 13 nitrogen and oxygen atoms in total. The Bertz CT molecular complexity index is 2130. The number of nitrogens with zero attached hydrogens (tertiary/aromatic N) is 4. The minimum atomic E-state index is -1.01. The number of benzene rings is 3. The van der Waals surface area contributed by atoms with Crippen molar-refractivity contribution >= 4 is 52.7 Å². The molecule has 3 aromatic carbocycles. The number of piperidine rings is 1. The lowest BCUT2D eigenvalue weighted by molar-refractivity contribution is -0.136. The molecule has 0 aromatic heterocycles. The number of carbonyl (C=O) groups is 6. The van der Waals surface area contributed by atoms with E-state index in [1.807, 2.05) is 34.1 Å². The Balaban J connectivity index is 0.819. The molecule has 14 heteroatoms. The number of carbonyl (C=O) groups excluding carboxylic acids is 6. The van der Waals surface area contributed by atoms with E-state index in [0.717, 1.165) is 58.5 Å². The predicted octanol–water partition coefficient (Wildman–Crippen LogP) is 3.67. The van der Waals surface area contributed by atoms with Gasteiger partial charge in [0.2, 0.25) is 17.7 Å². The minimum absolute atomic E-state index is 0.0219. The molecular formula is C40H38ClN7O6. The average molecular weight is 748 g/mol. The van der Waals surface area contributed by atoms with Crippen LogP contribution in [0, 0.1) is 11.3 Å². The third-order valence-corrected chi connectivity index (χ3v) is 11.6. The monoisotopic (exact) mass is 747 g/mol. The number of halogens is 1. The third kappa shape index (κ3) is 6.83. The van der Waals surface area contributed by atoms with Gasteiger partial charge in [0, 0.05) is 55.9 Å². The largest absolute Gasteiger partial charge is 0.382 e. The Morgan fingerprint density at radius 3 is 2.19 bits per heavy atom. The minimum Gasteiger partial charge on any atom is -0.382 e. The molecule has 276 valence electrons. The summed E-state index contributed by atoms with van der Waals surface area (Å²) in [7, 11) is 0. The Morgan fingerprint density at radius 2 is 1.52 bits per heavy atom. The van der Waals surface area contributed by atoms with Gasteiger partial charge in [-0.05, 0) is 103 Å². The fraction of sp³-hybridized carbons (Fsp3) is 0.375. The lowest BCUT2D eigenvalue weighted by atomic mass is 9.90. The third-order valence-electron chi connectivity index (χ3n) is 11.3. The van der Waals surface area contributed by atoms with Crippen LogP contribution in [0.1, 0.15) is 97.4 Å². The van der Waals surface area contributed by atoms with Crippen LogP contribution in [0.4, 0.5) is 5.69 Å². The zero-order chi connectivity index (χ0) is 37.7. The Labute approximate surface area is 316 Å². The quantitative estimate of drug-likeness (QED) is 0.305. The second kappa shape index (κ2) is 14.3. The van der Waals surface area contributed by atoms with E-state index in [1.54, 1.807) is 24.3 Å². The van der Waals surface area contributed by atoms with Gasteiger partial charge in [-0.15, -0.1) is 0 Å². The van der Waals surface area contributed by atoms with Gasteiger partial charge in [0.05, 0.1) is 28.3 Å². The maximum Gasteiger partial charge on any atom is 0.262 e. The normalized spacial score (nSPS) is 22.3. The maximum atomic E-state index is 13.5. The van der Waals surface area contributed by atoms with Crippen molar-refractivity contribution in [2.24, 2.45) is 0 Å². The summed E-state index contributed by atoms with van der Waals surface area (Å²) in [5, 5.41) is 18.4. The van der Waals surface area contributed by atoms with Crippen LogP contribution in [-0.2, 0) is 40.4 Å². The molecule has 6 amide bonds. The van der Waals surface area contributed by atoms with E-state index >= 15 is 0 Å². The summed E-state index contributed by atoms with van der Waals surface area (Å²) >= 11 is 6.18. The van der Waals surface area contributed by atoms with Gasteiger partial charge in [-0.2, -0.15) is 5.26 Å². The van der Waals surface area contributed by atoms with Gasteiger partial charge in [-0.3, -0.25) is 43.9 Å². The molecule has 0 spiro atoms. The summed E-state index contributed by atoms with van der Waals surface area (Å²) in [6.45, 7) is 2.06. The van der Waals surface area contributed by atoms with Gasteiger partial charge in [0.15, 0.2) is 0 Å². The molecule has 4 heterocycles. The van der Waals surface area contributed by atoms with E-state index in [0.29, 0.717) is 48.7 Å². The first-order valence-corrected chi connectivity index (χ1v) is 18.7. The van der Waals surface area contributed by atoms with Gasteiger partial charge in [0.1, 0.15) is 12.1 Å². The predicted molar refractivity (Wildman–Crippen MR) is 196 cm³/mol. The van der Waals surface area contributed by atoms with Crippen LogP contribution in [0.15, 0.2) is 48.5 Å². The van der Waals surface area contributed by atoms with E-state index in [9.17, 15) is 28.8 Å². The fourth-order valence-electron chi connectivity index (χ4n) is 8.33. The molecule has 1 unspecified atom stereocenters. The topological polar surface area (TPSA) is 172 Å². The summed E-state index contributed by atoms with van der Waals surface area (Å²) in [6.07, 6.45) is 4.28. The van der Waals surface area contributed by atoms with Crippen molar-refractivity contribution < 1.29 is 28.8 Å². The Kier molecular flexibility index (Phi) is 9.41. The van der Waals surface area contributed by atoms with Crippen LogP contribution < -0.4 is 16.0 Å². The van der Waals surface area contributed by atoms with Gasteiger partial charge >= 0.3 is 0 Å². The molecule has 0 bridgehead atoms. The van der Waals surface area contributed by atoms with Crippen molar-refractivity contribution in [2.45, 2.75) is 82.7 Å². The Hall–Kier alpha value is -5.58. The van der Waals surface area contributed by atoms with Gasteiger partial charge in [0.25, 0.3) is 17.7 Å². The maximum absolute atomic E-state index is 13.5. The molecule has 1 saturated carbocycles. The first-order chi connectivity index (χ1) is 26.0. The van der Waals surface area contributed by atoms with E-state index in [4.69, 9.17) is 16.9 Å². The first-order valence-electron chi connectivity index (χ1n) is 18.3. The van der Waals surface area contributed by atoms with Crippen LogP contribution in [0.2, 0.25) is 5.02 Å². The smallest absolute Gasteiger partial charge is 0.262 e. The molecule has 0 radical (unpaired) electrons. The van der Waals surface area contributed by atoms with Crippen LogP contribution in [0.25, 0.3) is 0 Å². The highest BCUT2D eigenvalue weighted by atomic mass is 35.5. The van der Waals surface area contributed by atoms with Crippen molar-refractivity contribution in [1.82, 2.24) is 25.3 Å². The lowest BCUT2D eigenvalue weighted by Gasteiger charge is -2.31. The van der Waals surface area contributed by atoms with E-state index < -0.39 is 29.7 Å². The highest BCUT2D eigenvalue weighted by molar-refractivity contribution is 6.32. The zero-order valence-electron chi connectivity index (χ0n) is 29.5. The number of hydrogen-bond acceptors (Lipinski definition) is 9. The first kappa shape index (κ1) is 35.4. The number of hydrogen-bond donors (Lipinski definition) is 3. The van der Waals surface area contributed by atoms with Gasteiger partial charge in [-0.1, -0.05) is 17.7 Å². The molecule has 54 heavy (non-hydrogen) atoms. The fourth-order valence-corrected chi connectivity index (χ4v) is 8.55. The number of rotatable bonds is 7. The summed E-state index contributed by atoms with van der Waals surface area (Å²) < 4.78 is 0. The molecule has 3 N–H and O–H groups in total. The van der Waals surface area contributed by atoms with Gasteiger partial charge < -0.3 is 15.5 Å². The van der Waals surface area contributed by atoms with Crippen LogP contribution in [0.5, 0.6) is 0 Å². The molecule has 1 saturated heterocycles. The number of fused-ring (bicyclic) bond motifs is 3. The van der Waals surface area contributed by atoms with E-state index in [2.05, 4.69) is 22.0 Å². The van der Waals surface area contributed by atoms with Crippen molar-refractivity contribution in [3.05, 3.63) is 98.1 Å². The lowest BCUT2D eigenvalue weighted by Crippen LogP contribution is -2.54. The van der Waals surface area contributed by atoms with E-state index in [-0.39, 0.29) is 54.4 Å². The summed E-state index contributed by atoms with van der Waals surface area (Å²) in [5.41, 5.74) is 6.21. The Morgan fingerprint density at radius 1 is 0.815 bits per heavy atom. The van der Waals surface area contributed by atoms with Crippen molar-refractivity contribution in [3.8, 4) is 6.07 Å². The highest BCUT2D eigenvalue weighted by Gasteiger charge is 2.45. The number of anilines is 1. The number of nitrogens with one attached hydrogen (secondary N) is 3. The second-order valence-corrected chi connectivity index (χ2v) is 15.2. The van der Waals surface area contributed by atoms with Crippen LogP contribution >= 0.6 is 11.6 Å². The van der Waals surface area contributed by atoms with Crippen LogP contribution in [0.3, 0.4) is 0 Å². The van der Waals surface area contributed by atoms with Crippen LogP contribution in [-0.4, -0.2) is 81.4 Å². The molecule has 4 aliphatic heterocycles. The average Bonchev–Trinajstić information content (AvgIpc) is 3.66. The van der Waals surface area contributed by atoms with Crippen molar-refractivity contribution in [2.75, 3.05) is 18.4 Å². The molecule has 1 aliphatic carbocycles. The van der Waals surface area contributed by atoms with Gasteiger partial charge in [-0.25, -0.2) is 0 Å². The molecule has 8 rings (SSSR count). The van der Waals surface area contributed by atoms with E-state index in [1.165, 1.54) is 0 Å². The number of nitriles is 1. The van der Waals surface area contributed by atoms with Crippen molar-refractivity contribution in [3.63, 3.8) is 0 Å². The SMILES string of the molecule is N#Cc1ccc(N[C@H]2CC[C@H](NC(=O)c3ccc4c(c3)CCN(C(=O)CN3Cc5cc6c(cc5C3)C(=O)N(C3CCC(=O)NC3=O)C6=O)C4)CC2)cc1Cl. The number of amides is 6. The molecular weight excluding hydrogens is 710 g/mol. The summed E-state index contributed by atoms with van der Waals surface area (Å²) in [4.78, 5) is 82.0. The summed E-state index contributed by atoms with van der Waals surface area (Å²) in [5.74, 6) is -2.27. The molecule has 2 fully saturated rings. The molecule has 5 aliphatic rings. The molecule has 1 atom stereocenters.